The van der Waals surface area contributed by atoms with Crippen LogP contribution in [0.2, 0.25) is 0 Å². The highest BCUT2D eigenvalue weighted by Crippen LogP contribution is 2.55. The van der Waals surface area contributed by atoms with E-state index in [-0.39, 0.29) is 18.8 Å². The van der Waals surface area contributed by atoms with Crippen LogP contribution in [0.5, 0.6) is 11.5 Å². The van der Waals surface area contributed by atoms with E-state index in [0.717, 1.165) is 0 Å². The van der Waals surface area contributed by atoms with Crippen molar-refractivity contribution in [1.29, 1.82) is 0 Å². The zero-order valence-electron chi connectivity index (χ0n) is 14.4. The van der Waals surface area contributed by atoms with Gasteiger partial charge >= 0.3 is 0 Å². The van der Waals surface area contributed by atoms with E-state index in [9.17, 15) is 19.8 Å². The lowest BCUT2D eigenvalue weighted by Crippen LogP contribution is -2.56. The van der Waals surface area contributed by atoms with E-state index in [4.69, 9.17) is 9.47 Å². The first-order valence-electron chi connectivity index (χ1n) is 8.34. The first-order valence-corrected chi connectivity index (χ1v) is 8.34. The third-order valence-corrected chi connectivity index (χ3v) is 5.33. The highest BCUT2D eigenvalue weighted by molar-refractivity contribution is 5.94. The lowest BCUT2D eigenvalue weighted by molar-refractivity contribution is -0.137. The van der Waals surface area contributed by atoms with Gasteiger partial charge in [-0.3, -0.25) is 9.59 Å². The average molecular weight is 349 g/mol. The third kappa shape index (κ3) is 2.58. The first kappa shape index (κ1) is 17.7. The Labute approximate surface area is 146 Å². The number of Topliss-reactive ketones (excluding diaryl/α,β-unsaturated/α-hetero) is 1. The maximum absolute atomic E-state index is 13.1. The number of aliphatic hydroxyl groups is 2. The second-order valence-electron chi connectivity index (χ2n) is 6.66. The normalized spacial score (nSPS) is 27.3. The number of ether oxygens (including phenoxy) is 2. The topological polar surface area (TPSA) is 96.3 Å². The number of carbonyl (C=O) groups excluding carboxylic acids is 2. The zero-order chi connectivity index (χ0) is 18.2. The Morgan fingerprint density at radius 2 is 2.24 bits per heavy atom. The summed E-state index contributed by atoms with van der Waals surface area (Å²) in [6.07, 6.45) is 0.0290. The summed E-state index contributed by atoms with van der Waals surface area (Å²) in [6, 6.07) is 3.40. The number of aliphatic hydroxyl groups excluding tert-OH is 2. The summed E-state index contributed by atoms with van der Waals surface area (Å²) < 4.78 is 11.4. The molecule has 1 aliphatic heterocycles. The SMILES string of the molecule is COc1ccc(CO)c2c1O[C@H]1[C@@H](O)CCC(=O)[C@@]21CCN(C)C=O. The Bertz CT molecular complexity index is 690. The molecule has 1 amide bonds. The molecule has 1 fully saturated rings. The Morgan fingerprint density at radius 3 is 2.88 bits per heavy atom. The van der Waals surface area contributed by atoms with Gasteiger partial charge in [-0.05, 0) is 24.5 Å². The van der Waals surface area contributed by atoms with Crippen molar-refractivity contribution >= 4 is 12.2 Å². The molecule has 0 radical (unpaired) electrons. The summed E-state index contributed by atoms with van der Waals surface area (Å²) in [4.78, 5) is 25.5. The van der Waals surface area contributed by atoms with E-state index in [2.05, 4.69) is 0 Å². The second kappa shape index (κ2) is 6.65. The fourth-order valence-corrected chi connectivity index (χ4v) is 4.04. The van der Waals surface area contributed by atoms with E-state index in [0.29, 0.717) is 48.4 Å². The van der Waals surface area contributed by atoms with Gasteiger partial charge in [0.2, 0.25) is 6.41 Å². The summed E-state index contributed by atoms with van der Waals surface area (Å²) in [7, 11) is 3.14. The molecule has 0 unspecified atom stereocenters. The fraction of sp³-hybridized carbons (Fsp3) is 0.556. The van der Waals surface area contributed by atoms with Crippen molar-refractivity contribution in [2.45, 2.75) is 43.5 Å². The third-order valence-electron chi connectivity index (χ3n) is 5.33. The van der Waals surface area contributed by atoms with E-state index >= 15 is 0 Å². The Morgan fingerprint density at radius 1 is 1.48 bits per heavy atom. The van der Waals surface area contributed by atoms with Gasteiger partial charge in [-0.1, -0.05) is 6.07 Å². The number of hydrogen-bond acceptors (Lipinski definition) is 6. The van der Waals surface area contributed by atoms with Crippen molar-refractivity contribution in [3.05, 3.63) is 23.3 Å². The molecule has 1 aromatic carbocycles. The van der Waals surface area contributed by atoms with Gasteiger partial charge in [-0.25, -0.2) is 0 Å². The van der Waals surface area contributed by atoms with Gasteiger partial charge in [0, 0.05) is 25.6 Å². The molecule has 1 heterocycles. The van der Waals surface area contributed by atoms with E-state index in [1.54, 1.807) is 19.2 Å². The molecule has 3 atom stereocenters. The van der Waals surface area contributed by atoms with Gasteiger partial charge in [0.15, 0.2) is 11.5 Å². The van der Waals surface area contributed by atoms with Gasteiger partial charge in [0.05, 0.1) is 25.2 Å². The predicted molar refractivity (Wildman–Crippen MR) is 88.6 cm³/mol. The minimum absolute atomic E-state index is 0.0381. The largest absolute Gasteiger partial charge is 0.493 e. The highest BCUT2D eigenvalue weighted by Gasteiger charge is 2.60. The summed E-state index contributed by atoms with van der Waals surface area (Å²) in [5.41, 5.74) is 0.0774. The molecule has 25 heavy (non-hydrogen) atoms. The predicted octanol–water partition coefficient (Wildman–Crippen LogP) is 0.388. The van der Waals surface area contributed by atoms with Gasteiger partial charge < -0.3 is 24.6 Å². The van der Waals surface area contributed by atoms with Gasteiger partial charge in [-0.15, -0.1) is 0 Å². The number of methoxy groups -OCH3 is 1. The van der Waals surface area contributed by atoms with Crippen LogP contribution in [0.25, 0.3) is 0 Å². The van der Waals surface area contributed by atoms with Gasteiger partial charge in [0.1, 0.15) is 11.9 Å². The van der Waals surface area contributed by atoms with Crippen LogP contribution >= 0.6 is 0 Å². The molecule has 1 aliphatic carbocycles. The number of nitrogens with zero attached hydrogens (tertiary/aromatic N) is 1. The number of hydrogen-bond donors (Lipinski definition) is 2. The van der Waals surface area contributed by atoms with Crippen molar-refractivity contribution in [3.8, 4) is 11.5 Å². The molecule has 2 aliphatic rings. The van der Waals surface area contributed by atoms with Crippen LogP contribution in [-0.2, 0) is 21.6 Å². The highest BCUT2D eigenvalue weighted by atomic mass is 16.5. The number of amides is 1. The maximum atomic E-state index is 13.1. The lowest BCUT2D eigenvalue weighted by atomic mass is 9.63. The van der Waals surface area contributed by atoms with Crippen molar-refractivity contribution in [3.63, 3.8) is 0 Å². The molecule has 0 aromatic heterocycles. The number of fused-ring (bicyclic) bond motifs is 3. The average Bonchev–Trinajstić information content (AvgIpc) is 2.99. The van der Waals surface area contributed by atoms with Crippen LogP contribution in [-0.4, -0.2) is 60.2 Å². The lowest BCUT2D eigenvalue weighted by Gasteiger charge is -2.40. The zero-order valence-corrected chi connectivity index (χ0v) is 14.4. The summed E-state index contributed by atoms with van der Waals surface area (Å²) in [6.45, 7) is 0.0837. The van der Waals surface area contributed by atoms with Crippen LogP contribution in [0.15, 0.2) is 12.1 Å². The summed E-state index contributed by atoms with van der Waals surface area (Å²) >= 11 is 0. The van der Waals surface area contributed by atoms with E-state index in [1.807, 2.05) is 0 Å². The molecular formula is C18H23NO6. The van der Waals surface area contributed by atoms with Crippen molar-refractivity contribution in [2.24, 2.45) is 0 Å². The Hall–Kier alpha value is -2.12. The van der Waals surface area contributed by atoms with Crippen molar-refractivity contribution in [2.75, 3.05) is 20.7 Å². The van der Waals surface area contributed by atoms with Crippen LogP contribution < -0.4 is 9.47 Å². The van der Waals surface area contributed by atoms with Crippen LogP contribution in [0, 0.1) is 0 Å². The second-order valence-corrected chi connectivity index (χ2v) is 6.66. The standard InChI is InChI=1S/C18H23NO6/c1-19(10-21)8-7-18-14(23)6-4-12(22)17(18)25-16-13(24-2)5-3-11(9-20)15(16)18/h3,5,10,12,17,20,22H,4,6-9H2,1-2H3/t12-,17-,18-/m0/s1. The molecule has 0 bridgehead atoms. The molecule has 136 valence electrons. The summed E-state index contributed by atoms with van der Waals surface area (Å²) in [5.74, 6) is 0.829. The molecular weight excluding hydrogens is 326 g/mol. The van der Waals surface area contributed by atoms with Crippen molar-refractivity contribution in [1.82, 2.24) is 4.90 Å². The van der Waals surface area contributed by atoms with E-state index in [1.165, 1.54) is 12.0 Å². The molecule has 1 aromatic rings. The molecule has 7 nitrogen and oxygen atoms in total. The van der Waals surface area contributed by atoms with Gasteiger partial charge in [0.25, 0.3) is 0 Å². The van der Waals surface area contributed by atoms with Crippen molar-refractivity contribution < 1.29 is 29.3 Å². The Kier molecular flexibility index (Phi) is 4.71. The fourth-order valence-electron chi connectivity index (χ4n) is 4.04. The van der Waals surface area contributed by atoms with Crippen LogP contribution in [0.4, 0.5) is 0 Å². The monoisotopic (exact) mass is 349 g/mol. The van der Waals surface area contributed by atoms with Crippen LogP contribution in [0.1, 0.15) is 30.4 Å². The number of ketones is 1. The molecule has 1 saturated carbocycles. The minimum Gasteiger partial charge on any atom is -0.493 e. The molecule has 0 spiro atoms. The number of carbonyl (C=O) groups is 2. The minimum atomic E-state index is -1.09. The molecule has 3 rings (SSSR count). The molecule has 7 heteroatoms. The quantitative estimate of drug-likeness (QED) is 0.721. The van der Waals surface area contributed by atoms with Gasteiger partial charge in [-0.2, -0.15) is 0 Å². The Balaban J connectivity index is 2.18. The smallest absolute Gasteiger partial charge is 0.209 e. The molecule has 2 N–H and O–H groups in total. The first-order chi connectivity index (χ1) is 12.0. The van der Waals surface area contributed by atoms with Crippen LogP contribution in [0.3, 0.4) is 0 Å². The number of rotatable bonds is 6. The molecule has 0 saturated heterocycles. The summed E-state index contributed by atoms with van der Waals surface area (Å²) in [5, 5.41) is 20.3. The van der Waals surface area contributed by atoms with E-state index < -0.39 is 17.6 Å². The maximum Gasteiger partial charge on any atom is 0.209 e. The number of benzene rings is 1.